The number of benzene rings is 1. The van der Waals surface area contributed by atoms with Crippen molar-refractivity contribution in [3.63, 3.8) is 0 Å². The van der Waals surface area contributed by atoms with Crippen LogP contribution in [0.1, 0.15) is 5.56 Å². The minimum atomic E-state index is 0.000188. The van der Waals surface area contributed by atoms with Crippen LogP contribution in [0.2, 0.25) is 0 Å². The Bertz CT molecular complexity index is 631. The zero-order chi connectivity index (χ0) is 13.8. The van der Waals surface area contributed by atoms with E-state index in [-0.39, 0.29) is 6.10 Å². The van der Waals surface area contributed by atoms with Crippen LogP contribution in [0.3, 0.4) is 0 Å². The summed E-state index contributed by atoms with van der Waals surface area (Å²) >= 11 is 0. The van der Waals surface area contributed by atoms with E-state index in [2.05, 4.69) is 24.3 Å². The van der Waals surface area contributed by atoms with Gasteiger partial charge < -0.3 is 9.47 Å². The van der Waals surface area contributed by atoms with Crippen LogP contribution in [0, 0.1) is 0 Å². The molecule has 0 unspecified atom stereocenters. The average Bonchev–Trinajstić information content (AvgIpc) is 2.96. The molecule has 0 fully saturated rings. The zero-order valence-corrected chi connectivity index (χ0v) is 11.3. The molecule has 3 rings (SSSR count). The Kier molecular flexibility index (Phi) is 3.55. The molecule has 0 radical (unpaired) electrons. The largest absolute Gasteiger partial charge is 0.496 e. The van der Waals surface area contributed by atoms with Crippen molar-refractivity contribution in [2.24, 2.45) is 0 Å². The minimum Gasteiger partial charge on any atom is -0.496 e. The van der Waals surface area contributed by atoms with Gasteiger partial charge in [-0.1, -0.05) is 54.6 Å². The van der Waals surface area contributed by atoms with E-state index in [0.29, 0.717) is 0 Å². The number of methoxy groups -OCH3 is 1. The predicted octanol–water partition coefficient (Wildman–Crippen LogP) is 4.01. The van der Waals surface area contributed by atoms with Gasteiger partial charge in [-0.3, -0.25) is 0 Å². The van der Waals surface area contributed by atoms with E-state index in [9.17, 15) is 0 Å². The Balaban J connectivity index is 1.85. The Morgan fingerprint density at radius 2 is 2.00 bits per heavy atom. The fraction of sp³-hybridized carbons (Fsp3) is 0.111. The molecule has 0 bridgehead atoms. The highest BCUT2D eigenvalue weighted by molar-refractivity contribution is 5.56. The lowest BCUT2D eigenvalue weighted by Gasteiger charge is -2.18. The molecule has 0 N–H and O–H groups in total. The van der Waals surface area contributed by atoms with Crippen molar-refractivity contribution in [3.8, 4) is 0 Å². The minimum absolute atomic E-state index is 0.000188. The standard InChI is InChI=1S/C18H16O2/c1-19-18-15(10-11-17-16(18)12-13-20-17)9-5-8-14-6-3-2-4-7-14/h2-13,17H,1H3/b8-5-,15-9?/t17-/m1/s1. The van der Waals surface area contributed by atoms with Crippen molar-refractivity contribution < 1.29 is 9.47 Å². The molecule has 0 aromatic heterocycles. The summed E-state index contributed by atoms with van der Waals surface area (Å²) in [4.78, 5) is 0. The molecule has 1 aromatic carbocycles. The molecule has 0 saturated heterocycles. The summed E-state index contributed by atoms with van der Waals surface area (Å²) in [5.41, 5.74) is 3.31. The van der Waals surface area contributed by atoms with E-state index < -0.39 is 0 Å². The van der Waals surface area contributed by atoms with Crippen LogP contribution >= 0.6 is 0 Å². The summed E-state index contributed by atoms with van der Waals surface area (Å²) in [6.45, 7) is 0. The van der Waals surface area contributed by atoms with E-state index >= 15 is 0 Å². The van der Waals surface area contributed by atoms with E-state index in [0.717, 1.165) is 16.9 Å². The monoisotopic (exact) mass is 264 g/mol. The number of fused-ring (bicyclic) bond motifs is 1. The third kappa shape index (κ3) is 2.45. The fourth-order valence-corrected chi connectivity index (χ4v) is 2.35. The first-order chi connectivity index (χ1) is 9.88. The van der Waals surface area contributed by atoms with Gasteiger partial charge in [0.2, 0.25) is 0 Å². The highest BCUT2D eigenvalue weighted by Gasteiger charge is 2.24. The van der Waals surface area contributed by atoms with Gasteiger partial charge in [0, 0.05) is 11.1 Å². The van der Waals surface area contributed by atoms with Gasteiger partial charge in [0.15, 0.2) is 0 Å². The number of allylic oxidation sites excluding steroid dienone is 3. The molecule has 0 saturated carbocycles. The summed E-state index contributed by atoms with van der Waals surface area (Å²) in [5.74, 6) is 0.879. The van der Waals surface area contributed by atoms with Crippen LogP contribution < -0.4 is 0 Å². The summed E-state index contributed by atoms with van der Waals surface area (Å²) in [5, 5.41) is 0. The van der Waals surface area contributed by atoms with Gasteiger partial charge in [-0.2, -0.15) is 0 Å². The molecule has 1 aliphatic heterocycles. The van der Waals surface area contributed by atoms with Crippen molar-refractivity contribution in [2.45, 2.75) is 6.10 Å². The molecule has 2 nitrogen and oxygen atoms in total. The topological polar surface area (TPSA) is 18.5 Å². The Morgan fingerprint density at radius 1 is 1.15 bits per heavy atom. The van der Waals surface area contributed by atoms with Crippen LogP contribution in [0.25, 0.3) is 6.08 Å². The van der Waals surface area contributed by atoms with Crippen LogP contribution in [0.5, 0.6) is 0 Å². The van der Waals surface area contributed by atoms with E-state index in [1.807, 2.05) is 42.5 Å². The lowest BCUT2D eigenvalue weighted by atomic mass is 9.97. The molecular formula is C18H16O2. The molecule has 1 heterocycles. The maximum atomic E-state index is 5.52. The molecule has 100 valence electrons. The molecule has 1 aromatic rings. The normalized spacial score (nSPS) is 22.4. The molecule has 1 atom stereocenters. The van der Waals surface area contributed by atoms with Crippen LogP contribution in [0.4, 0.5) is 0 Å². The Hall–Kier alpha value is -2.48. The van der Waals surface area contributed by atoms with E-state index in [1.165, 1.54) is 5.56 Å². The van der Waals surface area contributed by atoms with Crippen molar-refractivity contribution in [3.05, 3.63) is 89.4 Å². The second-order valence-corrected chi connectivity index (χ2v) is 4.60. The van der Waals surface area contributed by atoms with Crippen LogP contribution in [-0.2, 0) is 9.47 Å². The second kappa shape index (κ2) is 5.66. The SMILES string of the molecule is COC1=C2C=CO[C@@H]2C=CC1=C/C=C\c1ccccc1. The van der Waals surface area contributed by atoms with E-state index in [1.54, 1.807) is 13.4 Å². The van der Waals surface area contributed by atoms with Gasteiger partial charge in [0.1, 0.15) is 11.9 Å². The number of hydrogen-bond acceptors (Lipinski definition) is 2. The average molecular weight is 264 g/mol. The smallest absolute Gasteiger partial charge is 0.145 e. The van der Waals surface area contributed by atoms with Crippen molar-refractivity contribution in [1.82, 2.24) is 0 Å². The summed E-state index contributed by atoms with van der Waals surface area (Å²) in [6, 6.07) is 10.2. The highest BCUT2D eigenvalue weighted by atomic mass is 16.5. The van der Waals surface area contributed by atoms with Gasteiger partial charge in [0.05, 0.1) is 13.4 Å². The lowest BCUT2D eigenvalue weighted by molar-refractivity contribution is 0.224. The number of hydrogen-bond donors (Lipinski definition) is 0. The van der Waals surface area contributed by atoms with Crippen LogP contribution in [0.15, 0.2) is 83.9 Å². The Labute approximate surface area is 119 Å². The maximum Gasteiger partial charge on any atom is 0.145 e. The summed E-state index contributed by atoms with van der Waals surface area (Å²) in [6.07, 6.45) is 13.9. The van der Waals surface area contributed by atoms with Gasteiger partial charge >= 0.3 is 0 Å². The molecule has 1 aliphatic carbocycles. The first-order valence-corrected chi connectivity index (χ1v) is 6.60. The van der Waals surface area contributed by atoms with Gasteiger partial charge in [-0.05, 0) is 17.7 Å². The number of rotatable bonds is 3. The van der Waals surface area contributed by atoms with Crippen molar-refractivity contribution in [2.75, 3.05) is 7.11 Å². The van der Waals surface area contributed by atoms with E-state index in [4.69, 9.17) is 9.47 Å². The fourth-order valence-electron chi connectivity index (χ4n) is 2.35. The quantitative estimate of drug-likeness (QED) is 0.821. The first-order valence-electron chi connectivity index (χ1n) is 6.60. The van der Waals surface area contributed by atoms with Crippen molar-refractivity contribution >= 4 is 6.08 Å². The van der Waals surface area contributed by atoms with Gasteiger partial charge in [-0.15, -0.1) is 0 Å². The van der Waals surface area contributed by atoms with Crippen molar-refractivity contribution in [1.29, 1.82) is 0 Å². The first kappa shape index (κ1) is 12.5. The maximum absolute atomic E-state index is 5.52. The highest BCUT2D eigenvalue weighted by Crippen LogP contribution is 2.31. The zero-order valence-electron chi connectivity index (χ0n) is 11.3. The lowest BCUT2D eigenvalue weighted by Crippen LogP contribution is -2.12. The Morgan fingerprint density at radius 3 is 2.80 bits per heavy atom. The second-order valence-electron chi connectivity index (χ2n) is 4.60. The molecule has 0 spiro atoms. The summed E-state index contributed by atoms with van der Waals surface area (Å²) < 4.78 is 11.0. The van der Waals surface area contributed by atoms with Gasteiger partial charge in [-0.25, -0.2) is 0 Å². The molecular weight excluding hydrogens is 248 g/mol. The molecule has 20 heavy (non-hydrogen) atoms. The number of ether oxygens (including phenoxy) is 2. The molecule has 2 heteroatoms. The van der Waals surface area contributed by atoms with Crippen LogP contribution in [-0.4, -0.2) is 13.2 Å². The predicted molar refractivity (Wildman–Crippen MR) is 80.7 cm³/mol. The third-order valence-corrected chi connectivity index (χ3v) is 3.32. The molecule has 2 aliphatic rings. The third-order valence-electron chi connectivity index (χ3n) is 3.32. The molecule has 0 amide bonds. The van der Waals surface area contributed by atoms with Gasteiger partial charge in [0.25, 0.3) is 0 Å². The summed E-state index contributed by atoms with van der Waals surface area (Å²) in [7, 11) is 1.69.